The molecular formula is C19H25N7O5S. The van der Waals surface area contributed by atoms with Gasteiger partial charge in [0, 0.05) is 0 Å². The van der Waals surface area contributed by atoms with E-state index in [1.54, 1.807) is 54.6 Å². The zero-order valence-corrected chi connectivity index (χ0v) is 17.8. The molecule has 2 aromatic carbocycles. The number of aliphatic hydroxyl groups excluding tert-OH is 1. The second kappa shape index (κ2) is 11.6. The monoisotopic (exact) mass is 463 g/mol. The average Bonchev–Trinajstić information content (AvgIpc) is 2.75. The Labute approximate surface area is 185 Å². The van der Waals surface area contributed by atoms with E-state index in [0.29, 0.717) is 16.9 Å². The molecule has 0 spiro atoms. The summed E-state index contributed by atoms with van der Waals surface area (Å²) in [7, 11) is -3.90. The van der Waals surface area contributed by atoms with Crippen molar-refractivity contribution in [2.45, 2.75) is 11.8 Å². The van der Waals surface area contributed by atoms with Crippen molar-refractivity contribution < 1.29 is 23.1 Å². The molecule has 2 aromatic rings. The van der Waals surface area contributed by atoms with E-state index >= 15 is 0 Å². The number of benzene rings is 2. The molecule has 0 radical (unpaired) electrons. The Morgan fingerprint density at radius 2 is 1.69 bits per heavy atom. The molecule has 13 heteroatoms. The fourth-order valence-electron chi connectivity index (χ4n) is 2.47. The van der Waals surface area contributed by atoms with Crippen LogP contribution in [0.5, 0.6) is 0 Å². The molecule has 0 aliphatic rings. The van der Waals surface area contributed by atoms with E-state index in [1.807, 2.05) is 0 Å². The average molecular weight is 464 g/mol. The number of nitrogens with zero attached hydrogens (tertiary/aromatic N) is 1. The number of carbonyl (C=O) groups excluding carboxylic acids is 2. The molecule has 12 nitrogen and oxygen atoms in total. The number of rotatable bonds is 11. The number of hydrogen-bond acceptors (Lipinski definition) is 7. The van der Waals surface area contributed by atoms with Crippen LogP contribution in [0.25, 0.3) is 0 Å². The van der Waals surface area contributed by atoms with Gasteiger partial charge in [0.25, 0.3) is 5.91 Å². The van der Waals surface area contributed by atoms with Gasteiger partial charge in [0.05, 0.1) is 30.3 Å². The topological polar surface area (TPSA) is 201 Å². The fourth-order valence-corrected chi connectivity index (χ4v) is 3.80. The molecule has 0 saturated carbocycles. The number of guanidine groups is 1. The highest BCUT2D eigenvalue weighted by Crippen LogP contribution is 2.15. The lowest BCUT2D eigenvalue weighted by Gasteiger charge is -2.16. The van der Waals surface area contributed by atoms with Crippen LogP contribution in [0.3, 0.4) is 0 Å². The predicted octanol–water partition coefficient (Wildman–Crippen LogP) is -1.37. The maximum absolute atomic E-state index is 12.2. The smallest absolute Gasteiger partial charge is 0.257 e. The third-order valence-corrected chi connectivity index (χ3v) is 5.27. The Balaban J connectivity index is 1.80. The van der Waals surface area contributed by atoms with Gasteiger partial charge in [-0.05, 0) is 29.8 Å². The minimum atomic E-state index is -3.90. The minimum Gasteiger partial charge on any atom is -0.394 e. The van der Waals surface area contributed by atoms with Gasteiger partial charge in [-0.1, -0.05) is 30.3 Å². The van der Waals surface area contributed by atoms with E-state index in [-0.39, 0.29) is 11.7 Å². The highest BCUT2D eigenvalue weighted by atomic mass is 32.2. The molecule has 0 saturated heterocycles. The Kier molecular flexibility index (Phi) is 8.95. The van der Waals surface area contributed by atoms with E-state index in [1.165, 1.54) is 0 Å². The summed E-state index contributed by atoms with van der Waals surface area (Å²) in [6.45, 7) is -1.23. The molecule has 2 amide bonds. The number of nitrogens with two attached hydrogens (primary N) is 2. The third kappa shape index (κ3) is 8.59. The number of anilines is 1. The van der Waals surface area contributed by atoms with Gasteiger partial charge in [-0.3, -0.25) is 20.4 Å². The van der Waals surface area contributed by atoms with Gasteiger partial charge in [0.2, 0.25) is 15.9 Å². The number of aliphatic hydroxyl groups is 1. The van der Waals surface area contributed by atoms with Gasteiger partial charge < -0.3 is 21.9 Å². The summed E-state index contributed by atoms with van der Waals surface area (Å²) >= 11 is 0. The van der Waals surface area contributed by atoms with Crippen LogP contribution in [0, 0.1) is 0 Å². The summed E-state index contributed by atoms with van der Waals surface area (Å²) in [5.41, 5.74) is 17.1. The van der Waals surface area contributed by atoms with Gasteiger partial charge in [-0.2, -0.15) is 0 Å². The van der Waals surface area contributed by atoms with Crippen molar-refractivity contribution in [2.75, 3.05) is 18.6 Å². The summed E-state index contributed by atoms with van der Waals surface area (Å²) in [5.74, 6) is -1.89. The molecule has 2 rings (SSSR count). The van der Waals surface area contributed by atoms with Crippen LogP contribution in [-0.4, -0.2) is 50.5 Å². The summed E-state index contributed by atoms with van der Waals surface area (Å²) in [6.07, 6.45) is 0. The maximum Gasteiger partial charge on any atom is 0.257 e. The third-order valence-electron chi connectivity index (χ3n) is 3.92. The standard InChI is InChI=1S/C19H25N7O5S/c20-19(21)23-14-6-8-15(9-7-14)24-25-17(28)10-22-18(29)16(11-27)26-32(30,31)12-13-4-2-1-3-5-13/h1-9,16,24,26-27H,10-12H2,(H,22,29)(H,25,28)(H4,20,21,23)/t16-/m1/s1. The van der Waals surface area contributed by atoms with E-state index in [9.17, 15) is 23.1 Å². The SMILES string of the molecule is NC(N)=Nc1ccc(NNC(=O)CNC(=O)[C@@H](CO)NS(=O)(=O)Cc2ccccc2)cc1. The number of hydrogen-bond donors (Lipinski definition) is 7. The molecule has 1 atom stereocenters. The number of aliphatic imine (C=N–C) groups is 1. The number of hydrazine groups is 1. The molecule has 172 valence electrons. The number of sulfonamides is 1. The normalized spacial score (nSPS) is 11.8. The van der Waals surface area contributed by atoms with Crippen LogP contribution in [0.15, 0.2) is 59.6 Å². The molecule has 32 heavy (non-hydrogen) atoms. The molecule has 0 fully saturated rings. The summed E-state index contributed by atoms with van der Waals surface area (Å²) in [4.78, 5) is 28.0. The second-order valence-corrected chi connectivity index (χ2v) is 8.33. The Hall–Kier alpha value is -3.68. The molecular weight excluding hydrogens is 438 g/mol. The Morgan fingerprint density at radius 3 is 2.28 bits per heavy atom. The van der Waals surface area contributed by atoms with Gasteiger partial charge in [0.1, 0.15) is 6.04 Å². The lowest BCUT2D eigenvalue weighted by molar-refractivity contribution is -0.127. The summed E-state index contributed by atoms with van der Waals surface area (Å²) in [5, 5.41) is 11.7. The van der Waals surface area contributed by atoms with Crippen molar-refractivity contribution in [3.05, 3.63) is 60.2 Å². The highest BCUT2D eigenvalue weighted by Gasteiger charge is 2.24. The van der Waals surface area contributed by atoms with Crippen molar-refractivity contribution in [1.82, 2.24) is 15.5 Å². The van der Waals surface area contributed by atoms with Gasteiger partial charge in [-0.15, -0.1) is 0 Å². The van der Waals surface area contributed by atoms with Crippen molar-refractivity contribution in [3.63, 3.8) is 0 Å². The number of amides is 2. The van der Waals surface area contributed by atoms with Crippen LogP contribution >= 0.6 is 0 Å². The van der Waals surface area contributed by atoms with Crippen molar-refractivity contribution in [3.8, 4) is 0 Å². The van der Waals surface area contributed by atoms with Crippen LogP contribution < -0.4 is 32.4 Å². The molecule has 0 unspecified atom stereocenters. The zero-order chi connectivity index (χ0) is 23.6. The van der Waals surface area contributed by atoms with Crippen LogP contribution in [0.1, 0.15) is 5.56 Å². The van der Waals surface area contributed by atoms with E-state index < -0.39 is 41.0 Å². The first-order valence-electron chi connectivity index (χ1n) is 9.35. The first-order valence-corrected chi connectivity index (χ1v) is 11.0. The summed E-state index contributed by atoms with van der Waals surface area (Å²) in [6, 6.07) is 13.4. The highest BCUT2D eigenvalue weighted by molar-refractivity contribution is 7.88. The van der Waals surface area contributed by atoms with Crippen LogP contribution in [-0.2, 0) is 25.4 Å². The van der Waals surface area contributed by atoms with E-state index in [4.69, 9.17) is 11.5 Å². The largest absolute Gasteiger partial charge is 0.394 e. The molecule has 0 aliphatic heterocycles. The lowest BCUT2D eigenvalue weighted by atomic mass is 10.2. The first-order chi connectivity index (χ1) is 15.2. The zero-order valence-electron chi connectivity index (χ0n) is 17.0. The van der Waals surface area contributed by atoms with Gasteiger partial charge in [0.15, 0.2) is 5.96 Å². The van der Waals surface area contributed by atoms with Crippen molar-refractivity contribution in [1.29, 1.82) is 0 Å². The number of nitrogens with one attached hydrogen (secondary N) is 4. The van der Waals surface area contributed by atoms with Gasteiger partial charge in [-0.25, -0.2) is 18.1 Å². The minimum absolute atomic E-state index is 0.0849. The number of carbonyl (C=O) groups is 2. The molecule has 0 aliphatic carbocycles. The maximum atomic E-state index is 12.2. The molecule has 0 aromatic heterocycles. The fraction of sp³-hybridized carbons (Fsp3) is 0.211. The van der Waals surface area contributed by atoms with Crippen molar-refractivity contribution in [2.24, 2.45) is 16.5 Å². The van der Waals surface area contributed by atoms with Crippen molar-refractivity contribution >= 4 is 39.2 Å². The molecule has 9 N–H and O–H groups in total. The first kappa shape index (κ1) is 24.6. The van der Waals surface area contributed by atoms with E-state index in [0.717, 1.165) is 0 Å². The molecule has 0 heterocycles. The van der Waals surface area contributed by atoms with E-state index in [2.05, 4.69) is 25.9 Å². The van der Waals surface area contributed by atoms with Gasteiger partial charge >= 0.3 is 0 Å². The van der Waals surface area contributed by atoms with Crippen LogP contribution in [0.2, 0.25) is 0 Å². The Bertz CT molecular complexity index is 1040. The summed E-state index contributed by atoms with van der Waals surface area (Å²) < 4.78 is 26.6. The lowest BCUT2D eigenvalue weighted by Crippen LogP contribution is -2.51. The van der Waals surface area contributed by atoms with Crippen LogP contribution in [0.4, 0.5) is 11.4 Å². The predicted molar refractivity (Wildman–Crippen MR) is 120 cm³/mol. The molecule has 0 bridgehead atoms. The quantitative estimate of drug-likeness (QED) is 0.120. The Morgan fingerprint density at radius 1 is 1.03 bits per heavy atom. The second-order valence-electron chi connectivity index (χ2n) is 6.57.